The van der Waals surface area contributed by atoms with E-state index < -0.39 is 0 Å². The predicted octanol–water partition coefficient (Wildman–Crippen LogP) is 5.33. The van der Waals surface area contributed by atoms with Crippen molar-refractivity contribution in [2.75, 3.05) is 0 Å². The van der Waals surface area contributed by atoms with Crippen molar-refractivity contribution in [1.82, 2.24) is 9.55 Å². The number of benzene rings is 3. The highest BCUT2D eigenvalue weighted by Crippen LogP contribution is 2.24. The van der Waals surface area contributed by atoms with Gasteiger partial charge in [-0.05, 0) is 55.0 Å². The molecule has 4 nitrogen and oxygen atoms in total. The minimum absolute atomic E-state index is 0.125. The second kappa shape index (κ2) is 7.44. The first-order chi connectivity index (χ1) is 13.5. The molecule has 0 saturated heterocycles. The Morgan fingerprint density at radius 1 is 1.00 bits per heavy atom. The molecule has 4 aromatic rings. The van der Waals surface area contributed by atoms with Crippen LogP contribution < -0.4 is 5.56 Å². The first-order valence-corrected chi connectivity index (χ1v) is 9.58. The average molecular weight is 433 g/mol. The van der Waals surface area contributed by atoms with Crippen molar-refractivity contribution in [2.45, 2.75) is 6.92 Å². The summed E-state index contributed by atoms with van der Waals surface area (Å²) in [7, 11) is 0. The molecule has 5 heteroatoms. The molecule has 0 aliphatic heterocycles. The fraction of sp³-hybridized carbons (Fsp3) is 0.0435. The van der Waals surface area contributed by atoms with Crippen LogP contribution in [0.2, 0.25) is 0 Å². The molecule has 138 valence electrons. The number of aromatic hydroxyl groups is 1. The maximum absolute atomic E-state index is 13.3. The third kappa shape index (κ3) is 3.37. The van der Waals surface area contributed by atoms with Gasteiger partial charge >= 0.3 is 0 Å². The van der Waals surface area contributed by atoms with Gasteiger partial charge in [0.05, 0.1) is 16.6 Å². The third-order valence-electron chi connectivity index (χ3n) is 4.56. The highest BCUT2D eigenvalue weighted by Gasteiger charge is 2.12. The number of rotatable bonds is 3. The molecule has 1 heterocycles. The van der Waals surface area contributed by atoms with E-state index >= 15 is 0 Å². The minimum atomic E-state index is -0.125. The van der Waals surface area contributed by atoms with Crippen LogP contribution in [0.3, 0.4) is 0 Å². The van der Waals surface area contributed by atoms with Crippen molar-refractivity contribution in [3.05, 3.63) is 98.5 Å². The maximum Gasteiger partial charge on any atom is 0.266 e. The molecule has 3 aromatic carbocycles. The van der Waals surface area contributed by atoms with Gasteiger partial charge < -0.3 is 5.11 Å². The van der Waals surface area contributed by atoms with E-state index in [0.29, 0.717) is 22.3 Å². The lowest BCUT2D eigenvalue weighted by Crippen LogP contribution is -2.23. The average Bonchev–Trinajstić information content (AvgIpc) is 2.68. The van der Waals surface area contributed by atoms with Crippen LogP contribution in [0.5, 0.6) is 5.75 Å². The Morgan fingerprint density at radius 2 is 1.75 bits per heavy atom. The van der Waals surface area contributed by atoms with Crippen LogP contribution in [-0.2, 0) is 0 Å². The highest BCUT2D eigenvalue weighted by atomic mass is 79.9. The lowest BCUT2D eigenvalue weighted by Gasteiger charge is -2.13. The van der Waals surface area contributed by atoms with Crippen molar-refractivity contribution in [2.24, 2.45) is 0 Å². The van der Waals surface area contributed by atoms with Crippen LogP contribution in [0.4, 0.5) is 0 Å². The minimum Gasteiger partial charge on any atom is -0.507 e. The molecule has 4 rings (SSSR count). The van der Waals surface area contributed by atoms with Gasteiger partial charge in [-0.2, -0.15) is 0 Å². The molecule has 0 radical (unpaired) electrons. The summed E-state index contributed by atoms with van der Waals surface area (Å²) in [5, 5.41) is 10.7. The van der Waals surface area contributed by atoms with E-state index in [2.05, 4.69) is 15.9 Å². The Morgan fingerprint density at radius 3 is 2.54 bits per heavy atom. The summed E-state index contributed by atoms with van der Waals surface area (Å²) in [5.74, 6) is 0.650. The standard InChI is InChI=1S/C23H17BrN2O2/c1-15-6-2-5-9-20(15)26-22(13-11-16-10-12-17(24)14-21(16)27)25-19-8-4-3-7-18(19)23(26)28/h2-14,27H,1H3. The zero-order valence-corrected chi connectivity index (χ0v) is 16.7. The smallest absolute Gasteiger partial charge is 0.266 e. The zero-order valence-electron chi connectivity index (χ0n) is 15.1. The van der Waals surface area contributed by atoms with E-state index in [1.807, 2.05) is 55.5 Å². The molecule has 1 N–H and O–H groups in total. The lowest BCUT2D eigenvalue weighted by molar-refractivity contribution is 0.473. The first kappa shape index (κ1) is 18.2. The van der Waals surface area contributed by atoms with E-state index in [1.165, 1.54) is 0 Å². The number of aromatic nitrogens is 2. The molecule has 0 spiro atoms. The molecule has 0 atom stereocenters. The summed E-state index contributed by atoms with van der Waals surface area (Å²) in [6.45, 7) is 1.96. The van der Waals surface area contributed by atoms with Crippen LogP contribution in [0.1, 0.15) is 17.0 Å². The summed E-state index contributed by atoms with van der Waals surface area (Å²) < 4.78 is 2.41. The number of hydrogen-bond donors (Lipinski definition) is 1. The summed E-state index contributed by atoms with van der Waals surface area (Å²) in [4.78, 5) is 18.0. The van der Waals surface area contributed by atoms with E-state index in [1.54, 1.807) is 34.9 Å². The second-order valence-electron chi connectivity index (χ2n) is 6.45. The molecule has 1 aromatic heterocycles. The van der Waals surface area contributed by atoms with E-state index in [4.69, 9.17) is 4.98 Å². The molecule has 0 saturated carbocycles. The van der Waals surface area contributed by atoms with Gasteiger partial charge in [0.1, 0.15) is 11.6 Å². The van der Waals surface area contributed by atoms with Gasteiger partial charge in [-0.15, -0.1) is 0 Å². The topological polar surface area (TPSA) is 55.1 Å². The Bertz CT molecular complexity index is 1280. The molecule has 0 aliphatic carbocycles. The van der Waals surface area contributed by atoms with Gasteiger partial charge in [-0.25, -0.2) is 4.98 Å². The normalized spacial score (nSPS) is 11.4. The first-order valence-electron chi connectivity index (χ1n) is 8.79. The SMILES string of the molecule is Cc1ccccc1-n1c(C=Cc2ccc(Br)cc2O)nc2ccccc2c1=O. The Hall–Kier alpha value is -3.18. The van der Waals surface area contributed by atoms with Crippen LogP contribution in [-0.4, -0.2) is 14.7 Å². The summed E-state index contributed by atoms with van der Waals surface area (Å²) in [5.41, 5.74) is 2.91. The van der Waals surface area contributed by atoms with Crippen LogP contribution in [0.25, 0.3) is 28.7 Å². The van der Waals surface area contributed by atoms with Gasteiger partial charge in [-0.1, -0.05) is 52.3 Å². The Kier molecular flexibility index (Phi) is 4.84. The highest BCUT2D eigenvalue weighted by molar-refractivity contribution is 9.10. The number of phenols is 1. The number of phenolic OH excluding ortho intramolecular Hbond substituents is 1. The van der Waals surface area contributed by atoms with Gasteiger partial charge in [0.25, 0.3) is 5.56 Å². The summed E-state index contributed by atoms with van der Waals surface area (Å²) >= 11 is 3.34. The largest absolute Gasteiger partial charge is 0.507 e. The molecule has 0 unspecified atom stereocenters. The lowest BCUT2D eigenvalue weighted by atomic mass is 10.1. The number of aryl methyl sites for hydroxylation is 1. The monoisotopic (exact) mass is 432 g/mol. The molecule has 28 heavy (non-hydrogen) atoms. The molecular weight excluding hydrogens is 416 g/mol. The van der Waals surface area contributed by atoms with Gasteiger partial charge in [-0.3, -0.25) is 9.36 Å². The van der Waals surface area contributed by atoms with E-state index in [-0.39, 0.29) is 11.3 Å². The molecule has 0 fully saturated rings. The van der Waals surface area contributed by atoms with Crippen molar-refractivity contribution >= 4 is 39.0 Å². The fourth-order valence-electron chi connectivity index (χ4n) is 3.13. The van der Waals surface area contributed by atoms with Crippen LogP contribution in [0.15, 0.2) is 76.0 Å². The van der Waals surface area contributed by atoms with Gasteiger partial charge in [0.15, 0.2) is 0 Å². The van der Waals surface area contributed by atoms with E-state index in [9.17, 15) is 9.90 Å². The third-order valence-corrected chi connectivity index (χ3v) is 5.06. The van der Waals surface area contributed by atoms with Crippen molar-refractivity contribution in [3.8, 4) is 11.4 Å². The number of hydrogen-bond acceptors (Lipinski definition) is 3. The number of halogens is 1. The van der Waals surface area contributed by atoms with E-state index in [0.717, 1.165) is 15.7 Å². The van der Waals surface area contributed by atoms with Crippen molar-refractivity contribution in [3.63, 3.8) is 0 Å². The predicted molar refractivity (Wildman–Crippen MR) is 117 cm³/mol. The van der Waals surface area contributed by atoms with Crippen molar-refractivity contribution in [1.29, 1.82) is 0 Å². The Balaban J connectivity index is 1.96. The molecule has 0 amide bonds. The van der Waals surface area contributed by atoms with Crippen molar-refractivity contribution < 1.29 is 5.11 Å². The van der Waals surface area contributed by atoms with Gasteiger partial charge in [0, 0.05) is 10.0 Å². The second-order valence-corrected chi connectivity index (χ2v) is 7.37. The van der Waals surface area contributed by atoms with Crippen LogP contribution in [0, 0.1) is 6.92 Å². The van der Waals surface area contributed by atoms with Gasteiger partial charge in [0.2, 0.25) is 0 Å². The number of fused-ring (bicyclic) bond motifs is 1. The Labute approximate surface area is 170 Å². The quantitative estimate of drug-likeness (QED) is 0.475. The molecule has 0 aliphatic rings. The summed E-state index contributed by atoms with van der Waals surface area (Å²) in [6, 6.07) is 20.3. The zero-order chi connectivity index (χ0) is 19.7. The fourth-order valence-corrected chi connectivity index (χ4v) is 3.48. The summed E-state index contributed by atoms with van der Waals surface area (Å²) in [6.07, 6.45) is 3.51. The van der Waals surface area contributed by atoms with Crippen LogP contribution >= 0.6 is 15.9 Å². The molecular formula is C23H17BrN2O2. The molecule has 0 bridgehead atoms. The number of para-hydroxylation sites is 2. The maximum atomic E-state index is 13.3. The number of nitrogens with zero attached hydrogens (tertiary/aromatic N) is 2.